The zero-order valence-electron chi connectivity index (χ0n) is 10.6. The van der Waals surface area contributed by atoms with E-state index in [0.29, 0.717) is 0 Å². The van der Waals surface area contributed by atoms with Gasteiger partial charge in [-0.2, -0.15) is 0 Å². The van der Waals surface area contributed by atoms with Crippen molar-refractivity contribution in [2.24, 2.45) is 0 Å². The van der Waals surface area contributed by atoms with Crippen LogP contribution in [-0.4, -0.2) is 6.54 Å². The Morgan fingerprint density at radius 1 is 0.889 bits per heavy atom. The molecule has 0 unspecified atom stereocenters. The second kappa shape index (κ2) is 6.77. The molecular weight excluding hydrogens is 218 g/mol. The van der Waals surface area contributed by atoms with Crippen molar-refractivity contribution in [3.8, 4) is 0 Å². The monoisotopic (exact) mass is 237 g/mol. The quantitative estimate of drug-likeness (QED) is 0.756. The van der Waals surface area contributed by atoms with Crippen LogP contribution >= 0.6 is 0 Å². The highest BCUT2D eigenvalue weighted by Gasteiger charge is 1.94. The fourth-order valence-corrected chi connectivity index (χ4v) is 1.88. The molecule has 2 aromatic rings. The maximum atomic E-state index is 3.76. The van der Waals surface area contributed by atoms with Gasteiger partial charge >= 0.3 is 0 Å². The van der Waals surface area contributed by atoms with E-state index in [9.17, 15) is 0 Å². The second-order valence-corrected chi connectivity index (χ2v) is 4.36. The van der Waals surface area contributed by atoms with Crippen LogP contribution in [0.25, 0.3) is 6.08 Å². The van der Waals surface area contributed by atoms with Gasteiger partial charge in [-0.25, -0.2) is 0 Å². The van der Waals surface area contributed by atoms with Crippen LogP contribution in [0.1, 0.15) is 16.7 Å². The first-order valence-corrected chi connectivity index (χ1v) is 6.34. The van der Waals surface area contributed by atoms with E-state index < -0.39 is 0 Å². The van der Waals surface area contributed by atoms with Crippen LogP contribution in [0.5, 0.6) is 0 Å². The van der Waals surface area contributed by atoms with E-state index in [1.807, 2.05) is 12.1 Å². The summed E-state index contributed by atoms with van der Waals surface area (Å²) in [4.78, 5) is 0. The van der Waals surface area contributed by atoms with Crippen molar-refractivity contribution in [3.63, 3.8) is 0 Å². The molecule has 1 nitrogen and oxygen atoms in total. The lowest BCUT2D eigenvalue weighted by Crippen LogP contribution is -2.16. The highest BCUT2D eigenvalue weighted by molar-refractivity contribution is 5.47. The van der Waals surface area contributed by atoms with E-state index in [0.717, 1.165) is 19.5 Å². The first kappa shape index (κ1) is 12.6. The van der Waals surface area contributed by atoms with Gasteiger partial charge in [0.1, 0.15) is 0 Å². The molecule has 0 aliphatic carbocycles. The molecule has 0 saturated heterocycles. The summed E-state index contributed by atoms with van der Waals surface area (Å²) < 4.78 is 0. The molecule has 0 bridgehead atoms. The summed E-state index contributed by atoms with van der Waals surface area (Å²) in [5, 5.41) is 3.46. The molecule has 1 N–H and O–H groups in total. The van der Waals surface area contributed by atoms with E-state index in [-0.39, 0.29) is 0 Å². The van der Waals surface area contributed by atoms with Crippen molar-refractivity contribution in [3.05, 3.63) is 77.9 Å². The molecule has 0 fully saturated rings. The van der Waals surface area contributed by atoms with Gasteiger partial charge in [0.15, 0.2) is 0 Å². The first-order valence-electron chi connectivity index (χ1n) is 6.34. The zero-order valence-corrected chi connectivity index (χ0v) is 10.6. The Morgan fingerprint density at radius 2 is 1.61 bits per heavy atom. The van der Waals surface area contributed by atoms with Crippen molar-refractivity contribution < 1.29 is 0 Å². The largest absolute Gasteiger partial charge is 0.312 e. The maximum absolute atomic E-state index is 3.76. The third-order valence-electron chi connectivity index (χ3n) is 2.98. The molecule has 92 valence electrons. The normalized spacial score (nSPS) is 10.2. The molecule has 0 aliphatic heterocycles. The Kier molecular flexibility index (Phi) is 4.74. The van der Waals surface area contributed by atoms with E-state index in [4.69, 9.17) is 0 Å². The molecular formula is C17H19N. The number of hydrogen-bond acceptors (Lipinski definition) is 1. The highest BCUT2D eigenvalue weighted by Crippen LogP contribution is 2.05. The van der Waals surface area contributed by atoms with Crippen LogP contribution in [-0.2, 0) is 13.0 Å². The Labute approximate surface area is 109 Å². The highest BCUT2D eigenvalue weighted by atomic mass is 14.8. The van der Waals surface area contributed by atoms with Gasteiger partial charge in [0.05, 0.1) is 0 Å². The van der Waals surface area contributed by atoms with Gasteiger partial charge < -0.3 is 5.32 Å². The molecule has 2 rings (SSSR count). The molecule has 0 amide bonds. The number of rotatable bonds is 6. The lowest BCUT2D eigenvalue weighted by Gasteiger charge is -2.05. The zero-order chi connectivity index (χ0) is 12.6. The summed E-state index contributed by atoms with van der Waals surface area (Å²) in [5.41, 5.74) is 3.87. The van der Waals surface area contributed by atoms with E-state index in [2.05, 4.69) is 60.4 Å². The SMILES string of the molecule is C=Cc1ccc(CCNCc2ccccc2)cc1. The standard InChI is InChI=1S/C17H19N/c1-2-15-8-10-16(11-9-15)12-13-18-14-17-6-4-3-5-7-17/h2-11,18H,1,12-14H2. The molecule has 0 atom stereocenters. The molecule has 0 heterocycles. The number of benzene rings is 2. The average Bonchev–Trinajstić information content (AvgIpc) is 2.45. The predicted octanol–water partition coefficient (Wildman–Crippen LogP) is 3.66. The second-order valence-electron chi connectivity index (χ2n) is 4.36. The molecule has 0 saturated carbocycles. The molecule has 18 heavy (non-hydrogen) atoms. The number of hydrogen-bond donors (Lipinski definition) is 1. The van der Waals surface area contributed by atoms with Crippen molar-refractivity contribution in [2.75, 3.05) is 6.54 Å². The molecule has 0 spiro atoms. The van der Waals surface area contributed by atoms with Gasteiger partial charge in [-0.15, -0.1) is 0 Å². The van der Waals surface area contributed by atoms with Crippen LogP contribution in [0.2, 0.25) is 0 Å². The summed E-state index contributed by atoms with van der Waals surface area (Å²) in [6.45, 7) is 5.70. The van der Waals surface area contributed by atoms with Gasteiger partial charge in [0.25, 0.3) is 0 Å². The lowest BCUT2D eigenvalue weighted by atomic mass is 10.1. The minimum Gasteiger partial charge on any atom is -0.312 e. The van der Waals surface area contributed by atoms with Gasteiger partial charge in [0.2, 0.25) is 0 Å². The Hall–Kier alpha value is -1.86. The summed E-state index contributed by atoms with van der Waals surface area (Å²) in [5.74, 6) is 0. The van der Waals surface area contributed by atoms with Crippen molar-refractivity contribution in [1.82, 2.24) is 5.32 Å². The maximum Gasteiger partial charge on any atom is 0.0205 e. The van der Waals surface area contributed by atoms with Crippen LogP contribution in [0.3, 0.4) is 0 Å². The van der Waals surface area contributed by atoms with Gasteiger partial charge in [-0.05, 0) is 29.7 Å². The summed E-state index contributed by atoms with van der Waals surface area (Å²) >= 11 is 0. The van der Waals surface area contributed by atoms with Gasteiger partial charge in [0, 0.05) is 6.54 Å². The van der Waals surface area contributed by atoms with Gasteiger partial charge in [-0.1, -0.05) is 67.3 Å². The Balaban J connectivity index is 1.73. The van der Waals surface area contributed by atoms with Crippen LogP contribution < -0.4 is 5.32 Å². The minimum absolute atomic E-state index is 0.936. The molecule has 2 aromatic carbocycles. The summed E-state index contributed by atoms with van der Waals surface area (Å²) in [7, 11) is 0. The predicted molar refractivity (Wildman–Crippen MR) is 78.4 cm³/mol. The van der Waals surface area contributed by atoms with Crippen LogP contribution in [0.15, 0.2) is 61.2 Å². The molecule has 0 radical (unpaired) electrons. The third-order valence-corrected chi connectivity index (χ3v) is 2.98. The fraction of sp³-hybridized carbons (Fsp3) is 0.176. The smallest absolute Gasteiger partial charge is 0.0205 e. The topological polar surface area (TPSA) is 12.0 Å². The fourth-order valence-electron chi connectivity index (χ4n) is 1.88. The van der Waals surface area contributed by atoms with E-state index >= 15 is 0 Å². The van der Waals surface area contributed by atoms with Crippen molar-refractivity contribution >= 4 is 6.08 Å². The molecule has 0 aromatic heterocycles. The van der Waals surface area contributed by atoms with E-state index in [1.54, 1.807) is 0 Å². The van der Waals surface area contributed by atoms with E-state index in [1.165, 1.54) is 16.7 Å². The number of nitrogens with one attached hydrogen (secondary N) is 1. The molecule has 0 aliphatic rings. The molecule has 1 heteroatoms. The summed E-state index contributed by atoms with van der Waals surface area (Å²) in [6, 6.07) is 19.0. The summed E-state index contributed by atoms with van der Waals surface area (Å²) in [6.07, 6.45) is 2.93. The first-order chi connectivity index (χ1) is 8.88. The Morgan fingerprint density at radius 3 is 2.28 bits per heavy atom. The van der Waals surface area contributed by atoms with Gasteiger partial charge in [-0.3, -0.25) is 0 Å². The van der Waals surface area contributed by atoms with Crippen LogP contribution in [0.4, 0.5) is 0 Å². The Bertz CT molecular complexity index is 471. The average molecular weight is 237 g/mol. The van der Waals surface area contributed by atoms with Crippen LogP contribution in [0, 0.1) is 0 Å². The third kappa shape index (κ3) is 3.86. The lowest BCUT2D eigenvalue weighted by molar-refractivity contribution is 0.687. The van der Waals surface area contributed by atoms with Crippen molar-refractivity contribution in [2.45, 2.75) is 13.0 Å². The minimum atomic E-state index is 0.936. The van der Waals surface area contributed by atoms with Crippen molar-refractivity contribution in [1.29, 1.82) is 0 Å².